The lowest BCUT2D eigenvalue weighted by molar-refractivity contribution is 0.350. The van der Waals surface area contributed by atoms with E-state index >= 15 is 0 Å². The molecule has 2 aromatic rings. The van der Waals surface area contributed by atoms with Gasteiger partial charge in [0.1, 0.15) is 18.1 Å². The molecule has 1 aromatic carbocycles. The Morgan fingerprint density at radius 1 is 1.19 bits per heavy atom. The standard InChI is InChI=1S/C15H15NO4S/c1-12-4-7-14(20-12)11-16-21(18,19)15-8-5-13(6-9-15)3-2-10-17/h4-9,16-17H,10-11H2,1H3. The van der Waals surface area contributed by atoms with E-state index in [1.165, 1.54) is 12.1 Å². The van der Waals surface area contributed by atoms with E-state index in [0.717, 1.165) is 5.76 Å². The van der Waals surface area contributed by atoms with Crippen molar-refractivity contribution in [2.75, 3.05) is 6.61 Å². The van der Waals surface area contributed by atoms with E-state index in [9.17, 15) is 8.42 Å². The monoisotopic (exact) mass is 305 g/mol. The van der Waals surface area contributed by atoms with Crippen molar-refractivity contribution >= 4 is 10.0 Å². The lowest BCUT2D eigenvalue weighted by Crippen LogP contribution is -2.22. The zero-order valence-corrected chi connectivity index (χ0v) is 12.3. The number of benzene rings is 1. The molecule has 0 unspecified atom stereocenters. The third kappa shape index (κ3) is 4.20. The van der Waals surface area contributed by atoms with E-state index in [0.29, 0.717) is 11.3 Å². The SMILES string of the molecule is Cc1ccc(CNS(=O)(=O)c2ccc(C#CCO)cc2)o1. The Labute approximate surface area is 123 Å². The van der Waals surface area contributed by atoms with Crippen molar-refractivity contribution in [3.8, 4) is 11.8 Å². The highest BCUT2D eigenvalue weighted by Crippen LogP contribution is 2.12. The molecule has 0 atom stereocenters. The summed E-state index contributed by atoms with van der Waals surface area (Å²) in [7, 11) is -3.59. The molecule has 2 N–H and O–H groups in total. The van der Waals surface area contributed by atoms with Crippen LogP contribution in [0.4, 0.5) is 0 Å². The maximum atomic E-state index is 12.1. The zero-order chi connectivity index (χ0) is 15.3. The Balaban J connectivity index is 2.08. The molecule has 5 nitrogen and oxygen atoms in total. The van der Waals surface area contributed by atoms with Crippen LogP contribution in [0.5, 0.6) is 0 Å². The molecular formula is C15H15NO4S. The second-order valence-corrected chi connectivity index (χ2v) is 6.09. The minimum Gasteiger partial charge on any atom is -0.465 e. The Kier molecular flexibility index (Phi) is 4.81. The minimum absolute atomic E-state index is 0.0994. The van der Waals surface area contributed by atoms with Crippen LogP contribution in [-0.4, -0.2) is 20.1 Å². The first-order valence-electron chi connectivity index (χ1n) is 6.26. The van der Waals surface area contributed by atoms with Gasteiger partial charge in [0.2, 0.25) is 10.0 Å². The van der Waals surface area contributed by atoms with Gasteiger partial charge in [-0.3, -0.25) is 0 Å². The van der Waals surface area contributed by atoms with E-state index < -0.39 is 10.0 Å². The Hall–Kier alpha value is -2.07. The first kappa shape index (κ1) is 15.3. The van der Waals surface area contributed by atoms with Crippen LogP contribution in [0.2, 0.25) is 0 Å². The molecule has 0 saturated carbocycles. The van der Waals surface area contributed by atoms with Gasteiger partial charge in [-0.1, -0.05) is 11.8 Å². The number of nitrogens with one attached hydrogen (secondary N) is 1. The molecule has 0 bridgehead atoms. The van der Waals surface area contributed by atoms with Gasteiger partial charge >= 0.3 is 0 Å². The van der Waals surface area contributed by atoms with Crippen molar-refractivity contribution in [2.45, 2.75) is 18.4 Å². The van der Waals surface area contributed by atoms with Crippen LogP contribution < -0.4 is 4.72 Å². The first-order chi connectivity index (χ1) is 10.0. The molecule has 1 aromatic heterocycles. The number of hydrogen-bond acceptors (Lipinski definition) is 4. The molecule has 0 aliphatic carbocycles. The topological polar surface area (TPSA) is 79.5 Å². The molecule has 0 radical (unpaired) electrons. The maximum Gasteiger partial charge on any atom is 0.240 e. The second kappa shape index (κ2) is 6.59. The summed E-state index contributed by atoms with van der Waals surface area (Å²) in [6.07, 6.45) is 0. The highest BCUT2D eigenvalue weighted by atomic mass is 32.2. The zero-order valence-electron chi connectivity index (χ0n) is 11.5. The summed E-state index contributed by atoms with van der Waals surface area (Å²) in [6.45, 7) is 1.66. The second-order valence-electron chi connectivity index (χ2n) is 4.32. The quantitative estimate of drug-likeness (QED) is 0.837. The summed E-state index contributed by atoms with van der Waals surface area (Å²) in [5.74, 6) is 6.49. The predicted octanol–water partition coefficient (Wildman–Crippen LogP) is 1.41. The highest BCUT2D eigenvalue weighted by molar-refractivity contribution is 7.89. The van der Waals surface area contributed by atoms with Gasteiger partial charge in [0.15, 0.2) is 0 Å². The van der Waals surface area contributed by atoms with Gasteiger partial charge in [-0.05, 0) is 43.3 Å². The van der Waals surface area contributed by atoms with E-state index in [1.54, 1.807) is 31.2 Å². The molecule has 0 fully saturated rings. The molecule has 1 heterocycles. The van der Waals surface area contributed by atoms with Crippen molar-refractivity contribution in [3.05, 3.63) is 53.5 Å². The van der Waals surface area contributed by atoms with Crippen LogP contribution in [0.1, 0.15) is 17.1 Å². The Morgan fingerprint density at radius 3 is 2.48 bits per heavy atom. The fourth-order valence-electron chi connectivity index (χ4n) is 1.69. The van der Waals surface area contributed by atoms with Crippen molar-refractivity contribution in [2.24, 2.45) is 0 Å². The van der Waals surface area contributed by atoms with Crippen LogP contribution in [0.3, 0.4) is 0 Å². The summed E-state index contributed by atoms with van der Waals surface area (Å²) in [5, 5.41) is 8.60. The fraction of sp³-hybridized carbons (Fsp3) is 0.200. The average molecular weight is 305 g/mol. The van der Waals surface area contributed by atoms with Crippen LogP contribution in [0, 0.1) is 18.8 Å². The number of rotatable bonds is 4. The largest absolute Gasteiger partial charge is 0.465 e. The van der Waals surface area contributed by atoms with Gasteiger partial charge in [0.25, 0.3) is 0 Å². The van der Waals surface area contributed by atoms with E-state index in [1.807, 2.05) is 0 Å². The Morgan fingerprint density at radius 2 is 1.90 bits per heavy atom. The summed E-state index contributed by atoms with van der Waals surface area (Å²) in [4.78, 5) is 0.153. The molecule has 0 aliphatic heterocycles. The summed E-state index contributed by atoms with van der Waals surface area (Å²) < 4.78 is 32.0. The molecule has 0 aliphatic rings. The molecule has 6 heteroatoms. The van der Waals surface area contributed by atoms with Gasteiger partial charge < -0.3 is 9.52 Å². The molecule has 0 saturated heterocycles. The van der Waals surface area contributed by atoms with E-state index in [-0.39, 0.29) is 18.0 Å². The summed E-state index contributed by atoms with van der Waals surface area (Å²) in [6, 6.07) is 9.63. The van der Waals surface area contributed by atoms with Crippen LogP contribution in [0.25, 0.3) is 0 Å². The lowest BCUT2D eigenvalue weighted by atomic mass is 10.2. The van der Waals surface area contributed by atoms with Gasteiger partial charge in [-0.25, -0.2) is 13.1 Å². The normalized spacial score (nSPS) is 11.0. The van der Waals surface area contributed by atoms with Gasteiger partial charge in [0, 0.05) is 5.56 Å². The number of aryl methyl sites for hydroxylation is 1. The minimum atomic E-state index is -3.59. The molecule has 21 heavy (non-hydrogen) atoms. The summed E-state index contributed by atoms with van der Waals surface area (Å²) >= 11 is 0. The van der Waals surface area contributed by atoms with Crippen LogP contribution in [0.15, 0.2) is 45.7 Å². The van der Waals surface area contributed by atoms with E-state index in [2.05, 4.69) is 16.6 Å². The van der Waals surface area contributed by atoms with Gasteiger partial charge in [-0.15, -0.1) is 0 Å². The molecule has 0 amide bonds. The Bertz CT molecular complexity index is 764. The average Bonchev–Trinajstić information content (AvgIpc) is 2.89. The van der Waals surface area contributed by atoms with Crippen molar-refractivity contribution < 1.29 is 17.9 Å². The number of aliphatic hydroxyl groups is 1. The molecule has 0 spiro atoms. The predicted molar refractivity (Wildman–Crippen MR) is 77.9 cm³/mol. The van der Waals surface area contributed by atoms with Gasteiger partial charge in [0.05, 0.1) is 11.4 Å². The van der Waals surface area contributed by atoms with Crippen LogP contribution in [-0.2, 0) is 16.6 Å². The maximum absolute atomic E-state index is 12.1. The number of furan rings is 1. The first-order valence-corrected chi connectivity index (χ1v) is 7.74. The smallest absolute Gasteiger partial charge is 0.240 e. The third-order valence-electron chi connectivity index (χ3n) is 2.71. The summed E-state index contributed by atoms with van der Waals surface area (Å²) in [5.41, 5.74) is 0.643. The fourth-order valence-corrected chi connectivity index (χ4v) is 2.68. The van der Waals surface area contributed by atoms with Gasteiger partial charge in [-0.2, -0.15) is 0 Å². The number of sulfonamides is 1. The molecule has 110 valence electrons. The number of aliphatic hydroxyl groups excluding tert-OH is 1. The number of hydrogen-bond donors (Lipinski definition) is 2. The van der Waals surface area contributed by atoms with Crippen molar-refractivity contribution in [3.63, 3.8) is 0 Å². The van der Waals surface area contributed by atoms with Crippen LogP contribution >= 0.6 is 0 Å². The lowest BCUT2D eigenvalue weighted by Gasteiger charge is -2.05. The highest BCUT2D eigenvalue weighted by Gasteiger charge is 2.14. The van der Waals surface area contributed by atoms with Crippen molar-refractivity contribution in [1.29, 1.82) is 0 Å². The van der Waals surface area contributed by atoms with Crippen molar-refractivity contribution in [1.82, 2.24) is 4.72 Å². The third-order valence-corrected chi connectivity index (χ3v) is 4.13. The van der Waals surface area contributed by atoms with E-state index in [4.69, 9.17) is 9.52 Å². The molecular weight excluding hydrogens is 290 g/mol. The molecule has 2 rings (SSSR count).